The first-order valence-electron chi connectivity index (χ1n) is 4.46. The van der Waals surface area contributed by atoms with E-state index in [0.29, 0.717) is 24.5 Å². The van der Waals surface area contributed by atoms with Crippen LogP contribution in [0.1, 0.15) is 26.7 Å². The van der Waals surface area contributed by atoms with Crippen molar-refractivity contribution < 1.29 is 9.84 Å². The lowest BCUT2D eigenvalue weighted by molar-refractivity contribution is -0.0438. The van der Waals surface area contributed by atoms with Crippen molar-refractivity contribution in [2.75, 3.05) is 13.2 Å². The predicted octanol–water partition coefficient (Wildman–Crippen LogP) is 1.43. The molecule has 1 fully saturated rings. The van der Waals surface area contributed by atoms with Crippen LogP contribution in [0.5, 0.6) is 0 Å². The fourth-order valence-corrected chi connectivity index (χ4v) is 1.53. The fraction of sp³-hybridized carbons (Fsp3) is 1.00. The average molecular weight is 158 g/mol. The minimum atomic E-state index is 0.326. The number of ether oxygens (including phenoxy) is 1. The number of hydrogen-bond donors (Lipinski definition) is 1. The second kappa shape index (κ2) is 4.07. The average Bonchev–Trinajstić information content (AvgIpc) is 2.05. The minimum Gasteiger partial charge on any atom is -0.396 e. The Hall–Kier alpha value is -0.0800. The molecule has 0 aromatic carbocycles. The SMILES string of the molecule is CC(C)C1CC(CO)CCO1. The molecule has 2 atom stereocenters. The van der Waals surface area contributed by atoms with Gasteiger partial charge in [-0.2, -0.15) is 0 Å². The van der Waals surface area contributed by atoms with Crippen molar-refractivity contribution in [3.05, 3.63) is 0 Å². The van der Waals surface area contributed by atoms with Crippen LogP contribution in [0, 0.1) is 11.8 Å². The molecule has 0 aromatic heterocycles. The Morgan fingerprint density at radius 1 is 1.55 bits per heavy atom. The van der Waals surface area contributed by atoms with Gasteiger partial charge >= 0.3 is 0 Å². The summed E-state index contributed by atoms with van der Waals surface area (Å²) in [5, 5.41) is 8.94. The molecule has 0 bridgehead atoms. The van der Waals surface area contributed by atoms with E-state index in [1.54, 1.807) is 0 Å². The second-order valence-electron chi connectivity index (χ2n) is 3.73. The zero-order valence-electron chi connectivity index (χ0n) is 7.42. The first kappa shape index (κ1) is 9.01. The second-order valence-corrected chi connectivity index (χ2v) is 3.73. The van der Waals surface area contributed by atoms with Gasteiger partial charge in [0, 0.05) is 13.2 Å². The molecule has 2 unspecified atom stereocenters. The molecule has 1 heterocycles. The van der Waals surface area contributed by atoms with Gasteiger partial charge in [-0.1, -0.05) is 13.8 Å². The maximum absolute atomic E-state index is 8.94. The molecular weight excluding hydrogens is 140 g/mol. The van der Waals surface area contributed by atoms with E-state index in [1.807, 2.05) is 0 Å². The zero-order chi connectivity index (χ0) is 8.27. The van der Waals surface area contributed by atoms with E-state index < -0.39 is 0 Å². The highest BCUT2D eigenvalue weighted by Gasteiger charge is 2.23. The molecule has 1 aliphatic rings. The summed E-state index contributed by atoms with van der Waals surface area (Å²) in [5.41, 5.74) is 0. The van der Waals surface area contributed by atoms with Crippen LogP contribution in [-0.4, -0.2) is 24.4 Å². The Morgan fingerprint density at radius 2 is 2.27 bits per heavy atom. The van der Waals surface area contributed by atoms with E-state index in [9.17, 15) is 0 Å². The van der Waals surface area contributed by atoms with Crippen LogP contribution in [0.15, 0.2) is 0 Å². The van der Waals surface area contributed by atoms with E-state index in [-0.39, 0.29) is 0 Å². The Balaban J connectivity index is 2.33. The smallest absolute Gasteiger partial charge is 0.0601 e. The summed E-state index contributed by atoms with van der Waals surface area (Å²) in [4.78, 5) is 0. The lowest BCUT2D eigenvalue weighted by atomic mass is 9.91. The Bertz CT molecular complexity index is 112. The van der Waals surface area contributed by atoms with Gasteiger partial charge < -0.3 is 9.84 Å². The van der Waals surface area contributed by atoms with Gasteiger partial charge in [0.15, 0.2) is 0 Å². The molecule has 2 heteroatoms. The van der Waals surface area contributed by atoms with Crippen LogP contribution in [0.25, 0.3) is 0 Å². The highest BCUT2D eigenvalue weighted by molar-refractivity contribution is 4.73. The van der Waals surface area contributed by atoms with E-state index in [2.05, 4.69) is 13.8 Å². The standard InChI is InChI=1S/C9H18O2/c1-7(2)9-5-8(6-10)3-4-11-9/h7-10H,3-6H2,1-2H3. The number of aliphatic hydroxyl groups excluding tert-OH is 1. The summed E-state index contributed by atoms with van der Waals surface area (Å²) >= 11 is 0. The van der Waals surface area contributed by atoms with Gasteiger partial charge in [0.05, 0.1) is 6.10 Å². The molecule has 1 N–H and O–H groups in total. The van der Waals surface area contributed by atoms with Crippen molar-refractivity contribution >= 4 is 0 Å². The monoisotopic (exact) mass is 158 g/mol. The van der Waals surface area contributed by atoms with E-state index in [0.717, 1.165) is 19.4 Å². The van der Waals surface area contributed by atoms with Crippen molar-refractivity contribution in [3.63, 3.8) is 0 Å². The lowest BCUT2D eigenvalue weighted by Gasteiger charge is -2.30. The van der Waals surface area contributed by atoms with E-state index in [4.69, 9.17) is 9.84 Å². The van der Waals surface area contributed by atoms with E-state index >= 15 is 0 Å². The topological polar surface area (TPSA) is 29.5 Å². The first-order valence-corrected chi connectivity index (χ1v) is 4.46. The zero-order valence-corrected chi connectivity index (χ0v) is 7.42. The molecule has 0 spiro atoms. The maximum atomic E-state index is 8.94. The van der Waals surface area contributed by atoms with Crippen LogP contribution in [0.4, 0.5) is 0 Å². The van der Waals surface area contributed by atoms with Gasteiger partial charge in [0.2, 0.25) is 0 Å². The van der Waals surface area contributed by atoms with Gasteiger partial charge in [-0.05, 0) is 24.7 Å². The van der Waals surface area contributed by atoms with Gasteiger partial charge in [0.1, 0.15) is 0 Å². The van der Waals surface area contributed by atoms with Gasteiger partial charge in [-0.15, -0.1) is 0 Å². The maximum Gasteiger partial charge on any atom is 0.0601 e. The minimum absolute atomic E-state index is 0.326. The molecule has 0 amide bonds. The molecule has 1 rings (SSSR count). The Morgan fingerprint density at radius 3 is 2.82 bits per heavy atom. The first-order chi connectivity index (χ1) is 5.24. The molecular formula is C9H18O2. The summed E-state index contributed by atoms with van der Waals surface area (Å²) in [6.45, 7) is 5.50. The summed E-state index contributed by atoms with van der Waals surface area (Å²) in [6.07, 6.45) is 2.44. The summed E-state index contributed by atoms with van der Waals surface area (Å²) in [5.74, 6) is 1.07. The molecule has 2 nitrogen and oxygen atoms in total. The van der Waals surface area contributed by atoms with E-state index in [1.165, 1.54) is 0 Å². The summed E-state index contributed by atoms with van der Waals surface area (Å²) in [7, 11) is 0. The Labute approximate surface area is 68.6 Å². The molecule has 66 valence electrons. The van der Waals surface area contributed by atoms with Crippen LogP contribution in [0.3, 0.4) is 0 Å². The normalized spacial score (nSPS) is 32.7. The predicted molar refractivity (Wildman–Crippen MR) is 44.4 cm³/mol. The molecule has 1 saturated heterocycles. The fourth-order valence-electron chi connectivity index (χ4n) is 1.53. The van der Waals surface area contributed by atoms with Crippen LogP contribution in [0.2, 0.25) is 0 Å². The molecule has 0 aliphatic carbocycles. The van der Waals surface area contributed by atoms with Crippen molar-refractivity contribution in [1.29, 1.82) is 0 Å². The molecule has 0 saturated carbocycles. The third-order valence-electron chi connectivity index (χ3n) is 2.43. The quantitative estimate of drug-likeness (QED) is 0.658. The summed E-state index contributed by atoms with van der Waals surface area (Å²) < 4.78 is 5.56. The Kier molecular flexibility index (Phi) is 3.34. The van der Waals surface area contributed by atoms with Crippen LogP contribution < -0.4 is 0 Å². The molecule has 0 aromatic rings. The lowest BCUT2D eigenvalue weighted by Crippen LogP contribution is -2.31. The highest BCUT2D eigenvalue weighted by atomic mass is 16.5. The van der Waals surface area contributed by atoms with Crippen molar-refractivity contribution in [3.8, 4) is 0 Å². The van der Waals surface area contributed by atoms with Crippen LogP contribution >= 0.6 is 0 Å². The molecule has 1 aliphatic heterocycles. The third-order valence-corrected chi connectivity index (χ3v) is 2.43. The molecule has 11 heavy (non-hydrogen) atoms. The van der Waals surface area contributed by atoms with Gasteiger partial charge in [-0.25, -0.2) is 0 Å². The molecule has 0 radical (unpaired) electrons. The summed E-state index contributed by atoms with van der Waals surface area (Å²) in [6, 6.07) is 0. The number of hydrogen-bond acceptors (Lipinski definition) is 2. The van der Waals surface area contributed by atoms with Gasteiger partial charge in [-0.3, -0.25) is 0 Å². The van der Waals surface area contributed by atoms with Crippen molar-refractivity contribution in [2.45, 2.75) is 32.8 Å². The largest absolute Gasteiger partial charge is 0.396 e. The van der Waals surface area contributed by atoms with Crippen molar-refractivity contribution in [2.24, 2.45) is 11.8 Å². The highest BCUT2D eigenvalue weighted by Crippen LogP contribution is 2.24. The van der Waals surface area contributed by atoms with Gasteiger partial charge in [0.25, 0.3) is 0 Å². The third kappa shape index (κ3) is 2.46. The van der Waals surface area contributed by atoms with Crippen molar-refractivity contribution in [1.82, 2.24) is 0 Å². The number of aliphatic hydroxyl groups is 1. The van der Waals surface area contributed by atoms with Crippen LogP contribution in [-0.2, 0) is 4.74 Å². The number of rotatable bonds is 2.